The van der Waals surface area contributed by atoms with Gasteiger partial charge in [0.05, 0.1) is 7.11 Å². The summed E-state index contributed by atoms with van der Waals surface area (Å²) in [6.45, 7) is 2.58. The molecule has 1 saturated heterocycles. The van der Waals surface area contributed by atoms with Crippen molar-refractivity contribution in [3.8, 4) is 5.88 Å². The number of nitrogens with zero attached hydrogens (tertiary/aromatic N) is 5. The molecule has 0 radical (unpaired) electrons. The summed E-state index contributed by atoms with van der Waals surface area (Å²) in [6.07, 6.45) is 2.19. The number of piperidine rings is 1. The lowest BCUT2D eigenvalue weighted by Gasteiger charge is -2.39. The van der Waals surface area contributed by atoms with E-state index in [0.29, 0.717) is 11.7 Å². The molecule has 29 heavy (non-hydrogen) atoms. The molecule has 2 aromatic rings. The molecule has 0 atom stereocenters. The van der Waals surface area contributed by atoms with Crippen LogP contribution in [0.2, 0.25) is 0 Å². The van der Waals surface area contributed by atoms with E-state index < -0.39 is 11.9 Å². The average molecular weight is 407 g/mol. The second-order valence-electron chi connectivity index (χ2n) is 7.61. The Labute approximate surface area is 167 Å². The minimum Gasteiger partial charge on any atom is -0.481 e. The topological polar surface area (TPSA) is 54.4 Å². The smallest absolute Gasteiger partial charge is 0.433 e. The molecular formula is C20H24F3N5O. The maximum absolute atomic E-state index is 13.1. The highest BCUT2D eigenvalue weighted by Crippen LogP contribution is 2.37. The van der Waals surface area contributed by atoms with Gasteiger partial charge in [0.25, 0.3) is 0 Å². The number of hydrogen-bond acceptors (Lipinski definition) is 6. The fraction of sp³-hybridized carbons (Fsp3) is 0.550. The number of methoxy groups -OCH3 is 1. The fourth-order valence-corrected chi connectivity index (χ4v) is 3.91. The first kappa shape index (κ1) is 19.9. The third-order valence-electron chi connectivity index (χ3n) is 5.51. The Morgan fingerprint density at radius 2 is 1.79 bits per heavy atom. The standard InChI is InChI=1S/C20H24F3N5O/c1-29-19-5-2-14(11-24-19)12-27-8-6-16(7-9-27)28(15-3-4-15)18-10-17(20(21,22)23)25-13-26-18/h2,5,10-11,13,15-16H,3-4,6-9,12H2,1H3. The van der Waals surface area contributed by atoms with Gasteiger partial charge in [-0.3, -0.25) is 4.90 Å². The van der Waals surface area contributed by atoms with E-state index in [4.69, 9.17) is 4.74 Å². The summed E-state index contributed by atoms with van der Waals surface area (Å²) in [6, 6.07) is 5.43. The second kappa shape index (κ2) is 8.14. The Morgan fingerprint density at radius 1 is 1.07 bits per heavy atom. The molecule has 6 nitrogen and oxygen atoms in total. The first-order valence-corrected chi connectivity index (χ1v) is 9.83. The molecule has 2 fully saturated rings. The number of aromatic nitrogens is 3. The Bertz CT molecular complexity index is 818. The quantitative estimate of drug-likeness (QED) is 0.730. The number of ether oxygens (including phenoxy) is 1. The Balaban J connectivity index is 1.40. The highest BCUT2D eigenvalue weighted by Gasteiger charge is 2.38. The molecule has 0 N–H and O–H groups in total. The van der Waals surface area contributed by atoms with Crippen LogP contribution in [-0.4, -0.2) is 52.1 Å². The van der Waals surface area contributed by atoms with Gasteiger partial charge in [0.1, 0.15) is 17.8 Å². The molecule has 9 heteroatoms. The van der Waals surface area contributed by atoms with Crippen LogP contribution < -0.4 is 9.64 Å². The van der Waals surface area contributed by atoms with Crippen LogP contribution in [0.3, 0.4) is 0 Å². The van der Waals surface area contributed by atoms with Crippen molar-refractivity contribution in [3.05, 3.63) is 42.0 Å². The molecule has 3 heterocycles. The zero-order valence-corrected chi connectivity index (χ0v) is 16.3. The van der Waals surface area contributed by atoms with Crippen LogP contribution in [0.1, 0.15) is 36.9 Å². The summed E-state index contributed by atoms with van der Waals surface area (Å²) in [5.74, 6) is 0.989. The number of anilines is 1. The predicted molar refractivity (Wildman–Crippen MR) is 102 cm³/mol. The Morgan fingerprint density at radius 3 is 2.38 bits per heavy atom. The lowest BCUT2D eigenvalue weighted by Crippen LogP contribution is -2.46. The molecule has 0 amide bonds. The minimum absolute atomic E-state index is 0.198. The van der Waals surface area contributed by atoms with Gasteiger partial charge in [-0.25, -0.2) is 15.0 Å². The van der Waals surface area contributed by atoms with Crippen molar-refractivity contribution in [1.29, 1.82) is 0 Å². The van der Waals surface area contributed by atoms with Crippen LogP contribution in [0.25, 0.3) is 0 Å². The zero-order chi connectivity index (χ0) is 20.4. The van der Waals surface area contributed by atoms with Crippen LogP contribution in [0, 0.1) is 0 Å². The van der Waals surface area contributed by atoms with Gasteiger partial charge in [0.15, 0.2) is 0 Å². The molecule has 1 aliphatic heterocycles. The van der Waals surface area contributed by atoms with Crippen LogP contribution in [-0.2, 0) is 12.7 Å². The van der Waals surface area contributed by atoms with Crippen molar-refractivity contribution in [2.24, 2.45) is 0 Å². The van der Waals surface area contributed by atoms with Crippen molar-refractivity contribution >= 4 is 5.82 Å². The normalized spacial score (nSPS) is 18.6. The molecular weight excluding hydrogens is 383 g/mol. The molecule has 156 valence electrons. The summed E-state index contributed by atoms with van der Waals surface area (Å²) < 4.78 is 44.3. The van der Waals surface area contributed by atoms with E-state index in [1.807, 2.05) is 18.3 Å². The van der Waals surface area contributed by atoms with Gasteiger partial charge in [-0.2, -0.15) is 13.2 Å². The van der Waals surface area contributed by atoms with Crippen LogP contribution in [0.5, 0.6) is 5.88 Å². The predicted octanol–water partition coefficient (Wildman–Crippen LogP) is 3.53. The van der Waals surface area contributed by atoms with E-state index in [2.05, 4.69) is 24.8 Å². The molecule has 0 bridgehead atoms. The lowest BCUT2D eigenvalue weighted by atomic mass is 10.0. The maximum Gasteiger partial charge on any atom is 0.433 e. The van der Waals surface area contributed by atoms with Gasteiger partial charge in [-0.05, 0) is 31.2 Å². The average Bonchev–Trinajstić information content (AvgIpc) is 3.55. The summed E-state index contributed by atoms with van der Waals surface area (Å²) in [5, 5.41) is 0. The largest absolute Gasteiger partial charge is 0.481 e. The fourth-order valence-electron chi connectivity index (χ4n) is 3.91. The molecule has 1 saturated carbocycles. The summed E-state index contributed by atoms with van der Waals surface area (Å²) in [4.78, 5) is 16.3. The second-order valence-corrected chi connectivity index (χ2v) is 7.61. The third-order valence-corrected chi connectivity index (χ3v) is 5.51. The van der Waals surface area contributed by atoms with E-state index in [0.717, 1.165) is 63.3 Å². The van der Waals surface area contributed by atoms with Gasteiger partial charge in [-0.15, -0.1) is 0 Å². The molecule has 2 aliphatic rings. The Hall–Kier alpha value is -2.42. The number of likely N-dealkylation sites (tertiary alicyclic amines) is 1. The van der Waals surface area contributed by atoms with Crippen molar-refractivity contribution in [2.75, 3.05) is 25.1 Å². The summed E-state index contributed by atoms with van der Waals surface area (Å²) in [5.41, 5.74) is 0.242. The maximum atomic E-state index is 13.1. The molecule has 1 aliphatic carbocycles. The van der Waals surface area contributed by atoms with Crippen molar-refractivity contribution in [2.45, 2.75) is 50.5 Å². The number of rotatable bonds is 6. The number of alkyl halides is 3. The molecule has 0 unspecified atom stereocenters. The van der Waals surface area contributed by atoms with E-state index in [1.165, 1.54) is 0 Å². The van der Waals surface area contributed by atoms with E-state index in [-0.39, 0.29) is 12.1 Å². The SMILES string of the molecule is COc1ccc(CN2CCC(N(c3cc(C(F)(F)F)ncn3)C3CC3)CC2)cn1. The summed E-state index contributed by atoms with van der Waals surface area (Å²) >= 11 is 0. The van der Waals surface area contributed by atoms with Crippen LogP contribution >= 0.6 is 0 Å². The van der Waals surface area contributed by atoms with Gasteiger partial charge >= 0.3 is 6.18 Å². The van der Waals surface area contributed by atoms with Crippen molar-refractivity contribution in [3.63, 3.8) is 0 Å². The number of halogens is 3. The monoisotopic (exact) mass is 407 g/mol. The first-order chi connectivity index (χ1) is 13.9. The molecule has 4 rings (SSSR count). The van der Waals surface area contributed by atoms with Gasteiger partial charge in [0, 0.05) is 50.0 Å². The van der Waals surface area contributed by atoms with Gasteiger partial charge in [0.2, 0.25) is 5.88 Å². The van der Waals surface area contributed by atoms with Crippen molar-refractivity contribution < 1.29 is 17.9 Å². The van der Waals surface area contributed by atoms with Crippen LogP contribution in [0.4, 0.5) is 19.0 Å². The molecule has 0 spiro atoms. The third kappa shape index (κ3) is 4.77. The van der Waals surface area contributed by atoms with Crippen molar-refractivity contribution in [1.82, 2.24) is 19.9 Å². The molecule has 2 aromatic heterocycles. The highest BCUT2D eigenvalue weighted by molar-refractivity contribution is 5.44. The number of pyridine rings is 1. The van der Waals surface area contributed by atoms with Gasteiger partial charge < -0.3 is 9.64 Å². The molecule has 0 aromatic carbocycles. The van der Waals surface area contributed by atoms with Gasteiger partial charge in [-0.1, -0.05) is 6.07 Å². The lowest BCUT2D eigenvalue weighted by molar-refractivity contribution is -0.141. The minimum atomic E-state index is -4.46. The van der Waals surface area contributed by atoms with E-state index >= 15 is 0 Å². The van der Waals surface area contributed by atoms with E-state index in [9.17, 15) is 13.2 Å². The zero-order valence-electron chi connectivity index (χ0n) is 16.3. The Kier molecular flexibility index (Phi) is 5.58. The summed E-state index contributed by atoms with van der Waals surface area (Å²) in [7, 11) is 1.59. The first-order valence-electron chi connectivity index (χ1n) is 9.83. The van der Waals surface area contributed by atoms with E-state index in [1.54, 1.807) is 7.11 Å². The highest BCUT2D eigenvalue weighted by atomic mass is 19.4. The van der Waals surface area contributed by atoms with Crippen LogP contribution in [0.15, 0.2) is 30.7 Å². The number of hydrogen-bond donors (Lipinski definition) is 0.